The van der Waals surface area contributed by atoms with Crippen LogP contribution in [0.4, 0.5) is 13.2 Å². The van der Waals surface area contributed by atoms with E-state index in [1.54, 1.807) is 0 Å². The molecular weight excluding hydrogens is 411 g/mol. The third kappa shape index (κ3) is 6.29. The maximum atomic E-state index is 12.8. The highest BCUT2D eigenvalue weighted by Gasteiger charge is 2.30. The summed E-state index contributed by atoms with van der Waals surface area (Å²) in [5.41, 5.74) is 1.35. The van der Waals surface area contributed by atoms with Gasteiger partial charge in [0.1, 0.15) is 18.1 Å². The molecule has 0 aliphatic heterocycles. The highest BCUT2D eigenvalue weighted by atomic mass is 32.2. The fourth-order valence-corrected chi connectivity index (χ4v) is 3.15. The van der Waals surface area contributed by atoms with Gasteiger partial charge < -0.3 is 9.57 Å². The van der Waals surface area contributed by atoms with E-state index in [0.717, 1.165) is 23.4 Å². The average molecular weight is 431 g/mol. The van der Waals surface area contributed by atoms with Gasteiger partial charge in [0.25, 0.3) is 0 Å². The zero-order chi connectivity index (χ0) is 21.4. The number of rotatable bonds is 8. The Morgan fingerprint density at radius 2 is 1.60 bits per heavy atom. The second kappa shape index (κ2) is 10.2. The van der Waals surface area contributed by atoms with Crippen molar-refractivity contribution in [3.8, 4) is 11.5 Å². The number of benzene rings is 3. The molecule has 0 aliphatic rings. The molecule has 30 heavy (non-hydrogen) atoms. The van der Waals surface area contributed by atoms with Gasteiger partial charge in [0.2, 0.25) is 0 Å². The van der Waals surface area contributed by atoms with Crippen LogP contribution in [0.15, 0.2) is 84.0 Å². The van der Waals surface area contributed by atoms with Crippen molar-refractivity contribution in [3.05, 3.63) is 95.6 Å². The fraction of sp³-hybridized carbons (Fsp3) is 0.174. The number of nitrogens with zero attached hydrogens (tertiary/aromatic N) is 1. The summed E-state index contributed by atoms with van der Waals surface area (Å²) >= 11 is 1.51. The van der Waals surface area contributed by atoms with Crippen molar-refractivity contribution < 1.29 is 22.7 Å². The summed E-state index contributed by atoms with van der Waals surface area (Å²) in [5, 5.41) is 4.16. The van der Waals surface area contributed by atoms with Crippen molar-refractivity contribution in [2.24, 2.45) is 5.16 Å². The molecular formula is C23H20F3NO2S. The zero-order valence-electron chi connectivity index (χ0n) is 16.2. The van der Waals surface area contributed by atoms with Gasteiger partial charge in [-0.05, 0) is 48.2 Å². The lowest BCUT2D eigenvalue weighted by molar-refractivity contribution is -0.137. The van der Waals surface area contributed by atoms with E-state index in [1.807, 2.05) is 60.9 Å². The quantitative estimate of drug-likeness (QED) is 0.291. The van der Waals surface area contributed by atoms with Crippen LogP contribution in [0, 0.1) is 0 Å². The predicted molar refractivity (Wildman–Crippen MR) is 114 cm³/mol. The number of hydrogen-bond acceptors (Lipinski definition) is 4. The summed E-state index contributed by atoms with van der Waals surface area (Å²) < 4.78 is 44.1. The van der Waals surface area contributed by atoms with E-state index in [-0.39, 0.29) is 6.61 Å². The highest BCUT2D eigenvalue weighted by Crippen LogP contribution is 2.29. The summed E-state index contributed by atoms with van der Waals surface area (Å²) in [7, 11) is 0. The van der Waals surface area contributed by atoms with Crippen molar-refractivity contribution in [3.63, 3.8) is 0 Å². The molecule has 0 amide bonds. The molecule has 0 saturated carbocycles. The fourth-order valence-electron chi connectivity index (χ4n) is 2.66. The number of halogens is 3. The monoisotopic (exact) mass is 431 g/mol. The van der Waals surface area contributed by atoms with E-state index in [4.69, 9.17) is 9.57 Å². The number of thioether (sulfide) groups is 1. The lowest BCUT2D eigenvalue weighted by atomic mass is 10.1. The van der Waals surface area contributed by atoms with Crippen LogP contribution in [0.2, 0.25) is 0 Å². The summed E-state index contributed by atoms with van der Waals surface area (Å²) in [4.78, 5) is 5.49. The number of oxime groups is 1. The van der Waals surface area contributed by atoms with Crippen molar-refractivity contribution in [2.45, 2.75) is 12.8 Å². The number of alkyl halides is 3. The highest BCUT2D eigenvalue weighted by molar-refractivity contribution is 7.99. The van der Waals surface area contributed by atoms with E-state index >= 15 is 0 Å². The van der Waals surface area contributed by atoms with E-state index in [0.29, 0.717) is 22.8 Å². The molecule has 0 bridgehead atoms. The lowest BCUT2D eigenvalue weighted by Gasteiger charge is -2.10. The molecule has 0 N–H and O–H groups in total. The molecule has 3 aromatic rings. The molecule has 0 spiro atoms. The Morgan fingerprint density at radius 3 is 2.27 bits per heavy atom. The Bertz CT molecular complexity index is 974. The third-order valence-electron chi connectivity index (χ3n) is 4.11. The van der Waals surface area contributed by atoms with E-state index in [9.17, 15) is 13.2 Å². The molecule has 0 unspecified atom stereocenters. The number of para-hydroxylation sites is 1. The van der Waals surface area contributed by atoms with Crippen LogP contribution in [0.25, 0.3) is 0 Å². The van der Waals surface area contributed by atoms with E-state index in [2.05, 4.69) is 5.16 Å². The molecule has 3 rings (SSSR count). The third-order valence-corrected chi connectivity index (χ3v) is 4.67. The Kier molecular flexibility index (Phi) is 7.41. The molecule has 0 heterocycles. The van der Waals surface area contributed by atoms with Crippen LogP contribution in [0.3, 0.4) is 0 Å². The van der Waals surface area contributed by atoms with Gasteiger partial charge in [0.05, 0.1) is 11.3 Å². The summed E-state index contributed by atoms with van der Waals surface area (Å²) in [5.74, 6) is 1.93. The van der Waals surface area contributed by atoms with Gasteiger partial charge >= 0.3 is 6.18 Å². The van der Waals surface area contributed by atoms with Gasteiger partial charge in [0.15, 0.2) is 0 Å². The van der Waals surface area contributed by atoms with Gasteiger partial charge in [-0.25, -0.2) is 0 Å². The standard InChI is InChI=1S/C23H20F3NO2S/c1-30-16-22(18-10-12-19(13-11-18)23(24,25)26)27-28-15-17-6-5-9-21(14-17)29-20-7-3-2-4-8-20/h2-14H,15-16H2,1H3/b27-22+. The minimum Gasteiger partial charge on any atom is -0.457 e. The molecule has 0 aromatic heterocycles. The second-order valence-corrected chi connectivity index (χ2v) is 7.25. The van der Waals surface area contributed by atoms with Crippen LogP contribution < -0.4 is 4.74 Å². The molecule has 7 heteroatoms. The van der Waals surface area contributed by atoms with Gasteiger partial charge in [-0.1, -0.05) is 47.6 Å². The molecule has 0 fully saturated rings. The Labute approximate surface area is 177 Å². The second-order valence-electron chi connectivity index (χ2n) is 6.38. The Hall–Kier alpha value is -2.93. The van der Waals surface area contributed by atoms with Crippen LogP contribution in [-0.2, 0) is 17.6 Å². The lowest BCUT2D eigenvalue weighted by Crippen LogP contribution is -2.08. The molecule has 3 nitrogen and oxygen atoms in total. The topological polar surface area (TPSA) is 30.8 Å². The summed E-state index contributed by atoms with van der Waals surface area (Å²) in [6.07, 6.45) is -2.47. The van der Waals surface area contributed by atoms with Gasteiger partial charge in [-0.15, -0.1) is 0 Å². The first-order valence-electron chi connectivity index (χ1n) is 9.13. The van der Waals surface area contributed by atoms with Crippen molar-refractivity contribution in [1.82, 2.24) is 0 Å². The summed E-state index contributed by atoms with van der Waals surface area (Å²) in [6, 6.07) is 21.8. The minimum atomic E-state index is -4.36. The maximum Gasteiger partial charge on any atom is 0.416 e. The smallest absolute Gasteiger partial charge is 0.416 e. The SMILES string of the molecule is CSC/C(=N\OCc1cccc(Oc2ccccc2)c1)c1ccc(C(F)(F)F)cc1. The van der Waals surface area contributed by atoms with E-state index in [1.165, 1.54) is 23.9 Å². The maximum absolute atomic E-state index is 12.8. The Morgan fingerprint density at radius 1 is 0.900 bits per heavy atom. The van der Waals surface area contributed by atoms with Crippen molar-refractivity contribution in [1.29, 1.82) is 0 Å². The zero-order valence-corrected chi connectivity index (χ0v) is 17.0. The number of hydrogen-bond donors (Lipinski definition) is 0. The molecule has 3 aromatic carbocycles. The largest absolute Gasteiger partial charge is 0.457 e. The molecule has 0 aliphatic carbocycles. The first-order valence-corrected chi connectivity index (χ1v) is 10.5. The molecule has 156 valence electrons. The molecule has 0 radical (unpaired) electrons. The van der Waals surface area contributed by atoms with Crippen molar-refractivity contribution in [2.75, 3.05) is 12.0 Å². The van der Waals surface area contributed by atoms with E-state index < -0.39 is 11.7 Å². The van der Waals surface area contributed by atoms with Crippen molar-refractivity contribution >= 4 is 17.5 Å². The van der Waals surface area contributed by atoms with Gasteiger partial charge in [-0.2, -0.15) is 24.9 Å². The van der Waals surface area contributed by atoms with Crippen LogP contribution in [-0.4, -0.2) is 17.7 Å². The van der Waals surface area contributed by atoms with Crippen LogP contribution >= 0.6 is 11.8 Å². The van der Waals surface area contributed by atoms with Gasteiger partial charge in [0, 0.05) is 11.3 Å². The number of ether oxygens (including phenoxy) is 1. The molecule has 0 saturated heterocycles. The Balaban J connectivity index is 1.66. The summed E-state index contributed by atoms with van der Waals surface area (Å²) in [6.45, 7) is 0.213. The first-order chi connectivity index (χ1) is 14.5. The van der Waals surface area contributed by atoms with Crippen LogP contribution in [0.1, 0.15) is 16.7 Å². The normalized spacial score (nSPS) is 11.9. The molecule has 0 atom stereocenters. The minimum absolute atomic E-state index is 0.213. The van der Waals surface area contributed by atoms with Crippen LogP contribution in [0.5, 0.6) is 11.5 Å². The first kappa shape index (κ1) is 21.8. The predicted octanol–water partition coefficient (Wildman–Crippen LogP) is 6.78. The van der Waals surface area contributed by atoms with Gasteiger partial charge in [-0.3, -0.25) is 0 Å². The average Bonchev–Trinajstić information content (AvgIpc) is 2.74.